The molecule has 2 unspecified atom stereocenters. The molecule has 1 aromatic rings. The van der Waals surface area contributed by atoms with E-state index >= 15 is 0 Å². The molecule has 0 heterocycles. The molecule has 3 N–H and O–H groups in total. The molecule has 1 aromatic carbocycles. The summed E-state index contributed by atoms with van der Waals surface area (Å²) in [5.74, 6) is 0.712. The molecule has 0 spiro atoms. The third-order valence-electron chi connectivity index (χ3n) is 3.06. The van der Waals surface area contributed by atoms with Gasteiger partial charge in [0.15, 0.2) is 0 Å². The number of benzene rings is 1. The van der Waals surface area contributed by atoms with Gasteiger partial charge in [0.05, 0.1) is 6.04 Å². The van der Waals surface area contributed by atoms with Gasteiger partial charge in [-0.3, -0.25) is 4.79 Å². The minimum atomic E-state index is -0.109. The summed E-state index contributed by atoms with van der Waals surface area (Å²) in [6.45, 7) is 6.76. The molecule has 106 valence electrons. The van der Waals surface area contributed by atoms with Crippen LogP contribution in [0.3, 0.4) is 0 Å². The number of hydrogen-bond acceptors (Lipinski definition) is 3. The van der Waals surface area contributed by atoms with Crippen molar-refractivity contribution in [2.75, 3.05) is 13.2 Å². The molecule has 1 amide bonds. The van der Waals surface area contributed by atoms with Crippen molar-refractivity contribution in [3.8, 4) is 5.75 Å². The van der Waals surface area contributed by atoms with Crippen LogP contribution in [0.15, 0.2) is 24.3 Å². The van der Waals surface area contributed by atoms with Gasteiger partial charge in [0.25, 0.3) is 0 Å². The van der Waals surface area contributed by atoms with Gasteiger partial charge in [-0.05, 0) is 32.4 Å². The van der Waals surface area contributed by atoms with E-state index in [0.29, 0.717) is 13.2 Å². The Hall–Kier alpha value is -1.55. The van der Waals surface area contributed by atoms with E-state index in [1.54, 1.807) is 0 Å². The van der Waals surface area contributed by atoms with E-state index in [4.69, 9.17) is 10.5 Å². The van der Waals surface area contributed by atoms with Gasteiger partial charge in [-0.2, -0.15) is 0 Å². The zero-order valence-electron chi connectivity index (χ0n) is 12.0. The molecule has 0 aliphatic carbocycles. The fourth-order valence-electron chi connectivity index (χ4n) is 1.72. The summed E-state index contributed by atoms with van der Waals surface area (Å²) >= 11 is 0. The lowest BCUT2D eigenvalue weighted by Crippen LogP contribution is -2.42. The molecule has 0 aromatic heterocycles. The summed E-state index contributed by atoms with van der Waals surface area (Å²) in [6.07, 6.45) is 0.758. The molecule has 0 saturated heterocycles. The summed E-state index contributed by atoms with van der Waals surface area (Å²) in [7, 11) is 0. The van der Waals surface area contributed by atoms with Crippen molar-refractivity contribution in [3.63, 3.8) is 0 Å². The number of ether oxygens (including phenoxy) is 1. The fraction of sp³-hybridized carbons (Fsp3) is 0.533. The van der Waals surface area contributed by atoms with Gasteiger partial charge in [0.2, 0.25) is 5.91 Å². The molecule has 19 heavy (non-hydrogen) atoms. The van der Waals surface area contributed by atoms with Gasteiger partial charge in [-0.25, -0.2) is 0 Å². The Morgan fingerprint density at radius 2 is 2.00 bits per heavy atom. The SMILES string of the molecule is CCC(CN)C(=O)NC(C)COc1ccc(C)cc1. The van der Waals surface area contributed by atoms with E-state index in [9.17, 15) is 4.79 Å². The second-order valence-corrected chi connectivity index (χ2v) is 4.87. The van der Waals surface area contributed by atoms with E-state index in [2.05, 4.69) is 5.32 Å². The minimum absolute atomic E-state index is 0.00464. The summed E-state index contributed by atoms with van der Waals surface area (Å²) in [6, 6.07) is 7.83. The normalized spacial score (nSPS) is 13.7. The van der Waals surface area contributed by atoms with Crippen molar-refractivity contribution < 1.29 is 9.53 Å². The first-order valence-corrected chi connectivity index (χ1v) is 6.76. The Bertz CT molecular complexity index is 386. The van der Waals surface area contributed by atoms with E-state index in [1.807, 2.05) is 45.0 Å². The maximum Gasteiger partial charge on any atom is 0.224 e. The first-order valence-electron chi connectivity index (χ1n) is 6.76. The summed E-state index contributed by atoms with van der Waals surface area (Å²) in [5.41, 5.74) is 6.74. The third kappa shape index (κ3) is 5.30. The quantitative estimate of drug-likeness (QED) is 0.790. The number of carbonyl (C=O) groups is 1. The lowest BCUT2D eigenvalue weighted by Gasteiger charge is -2.18. The summed E-state index contributed by atoms with van der Waals surface area (Å²) < 4.78 is 5.62. The fourth-order valence-corrected chi connectivity index (χ4v) is 1.72. The van der Waals surface area contributed by atoms with E-state index < -0.39 is 0 Å². The topological polar surface area (TPSA) is 64.4 Å². The van der Waals surface area contributed by atoms with Gasteiger partial charge in [-0.1, -0.05) is 24.6 Å². The Labute approximate surface area is 115 Å². The van der Waals surface area contributed by atoms with Gasteiger partial charge in [-0.15, -0.1) is 0 Å². The maximum absolute atomic E-state index is 11.8. The van der Waals surface area contributed by atoms with Crippen LogP contribution in [0.1, 0.15) is 25.8 Å². The van der Waals surface area contributed by atoms with Crippen molar-refractivity contribution in [2.24, 2.45) is 11.7 Å². The predicted octanol–water partition coefficient (Wildman–Crippen LogP) is 1.86. The molecule has 4 heteroatoms. The largest absolute Gasteiger partial charge is 0.491 e. The van der Waals surface area contributed by atoms with E-state index in [1.165, 1.54) is 5.56 Å². The lowest BCUT2D eigenvalue weighted by atomic mass is 10.1. The highest BCUT2D eigenvalue weighted by atomic mass is 16.5. The Morgan fingerprint density at radius 1 is 1.37 bits per heavy atom. The van der Waals surface area contributed by atoms with Crippen LogP contribution in [-0.2, 0) is 4.79 Å². The van der Waals surface area contributed by atoms with E-state index in [-0.39, 0.29) is 17.9 Å². The number of amides is 1. The predicted molar refractivity (Wildman–Crippen MR) is 77.1 cm³/mol. The zero-order chi connectivity index (χ0) is 14.3. The zero-order valence-corrected chi connectivity index (χ0v) is 12.0. The monoisotopic (exact) mass is 264 g/mol. The molecule has 0 saturated carbocycles. The number of carbonyl (C=O) groups excluding carboxylic acids is 1. The number of aryl methyl sites for hydroxylation is 1. The third-order valence-corrected chi connectivity index (χ3v) is 3.06. The molecular formula is C15H24N2O2. The van der Waals surface area contributed by atoms with Crippen LogP contribution < -0.4 is 15.8 Å². The second-order valence-electron chi connectivity index (χ2n) is 4.87. The van der Waals surface area contributed by atoms with Crippen LogP contribution in [-0.4, -0.2) is 25.1 Å². The first kappa shape index (κ1) is 15.5. The highest BCUT2D eigenvalue weighted by Crippen LogP contribution is 2.11. The molecule has 0 fully saturated rings. The molecule has 1 rings (SSSR count). The minimum Gasteiger partial charge on any atom is -0.491 e. The maximum atomic E-state index is 11.8. The smallest absolute Gasteiger partial charge is 0.224 e. The summed E-state index contributed by atoms with van der Waals surface area (Å²) in [5, 5.41) is 2.92. The van der Waals surface area contributed by atoms with Gasteiger partial charge in [0.1, 0.15) is 12.4 Å². The molecule has 0 aliphatic heterocycles. The molecule has 0 aliphatic rings. The van der Waals surface area contributed by atoms with Gasteiger partial charge in [0, 0.05) is 12.5 Å². The molecule has 0 radical (unpaired) electrons. The average Bonchev–Trinajstić information content (AvgIpc) is 2.39. The van der Waals surface area contributed by atoms with Crippen molar-refractivity contribution in [1.82, 2.24) is 5.32 Å². The van der Waals surface area contributed by atoms with Crippen LogP contribution >= 0.6 is 0 Å². The van der Waals surface area contributed by atoms with Gasteiger partial charge < -0.3 is 15.8 Å². The van der Waals surface area contributed by atoms with Crippen molar-refractivity contribution >= 4 is 5.91 Å². The van der Waals surface area contributed by atoms with Crippen LogP contribution in [0.2, 0.25) is 0 Å². The average molecular weight is 264 g/mol. The van der Waals surface area contributed by atoms with Gasteiger partial charge >= 0.3 is 0 Å². The van der Waals surface area contributed by atoms with Crippen LogP contribution in [0.25, 0.3) is 0 Å². The van der Waals surface area contributed by atoms with Crippen LogP contribution in [0.4, 0.5) is 0 Å². The highest BCUT2D eigenvalue weighted by Gasteiger charge is 2.16. The number of rotatable bonds is 7. The lowest BCUT2D eigenvalue weighted by molar-refractivity contribution is -0.125. The number of nitrogens with one attached hydrogen (secondary N) is 1. The van der Waals surface area contributed by atoms with Crippen molar-refractivity contribution in [3.05, 3.63) is 29.8 Å². The molecule has 4 nitrogen and oxygen atoms in total. The molecule has 0 bridgehead atoms. The van der Waals surface area contributed by atoms with Crippen LogP contribution in [0.5, 0.6) is 5.75 Å². The Kier molecular flexibility index (Phi) is 6.36. The summed E-state index contributed by atoms with van der Waals surface area (Å²) in [4.78, 5) is 11.8. The first-order chi connectivity index (χ1) is 9.06. The Morgan fingerprint density at radius 3 is 2.53 bits per heavy atom. The Balaban J connectivity index is 2.37. The standard InChI is InChI=1S/C15H24N2O2/c1-4-13(9-16)15(18)17-12(3)10-19-14-7-5-11(2)6-8-14/h5-8,12-13H,4,9-10,16H2,1-3H3,(H,17,18). The number of nitrogens with two attached hydrogens (primary N) is 1. The van der Waals surface area contributed by atoms with Crippen molar-refractivity contribution in [2.45, 2.75) is 33.2 Å². The highest BCUT2D eigenvalue weighted by molar-refractivity contribution is 5.79. The molecule has 2 atom stereocenters. The second kappa shape index (κ2) is 7.79. The van der Waals surface area contributed by atoms with E-state index in [0.717, 1.165) is 12.2 Å². The van der Waals surface area contributed by atoms with Crippen LogP contribution in [0, 0.1) is 12.8 Å². The number of hydrogen-bond donors (Lipinski definition) is 2. The molecular weight excluding hydrogens is 240 g/mol. The van der Waals surface area contributed by atoms with Crippen molar-refractivity contribution in [1.29, 1.82) is 0 Å².